The summed E-state index contributed by atoms with van der Waals surface area (Å²) in [5.74, 6) is 0. The highest BCUT2D eigenvalue weighted by molar-refractivity contribution is 5.85. The van der Waals surface area contributed by atoms with E-state index >= 15 is 0 Å². The van der Waals surface area contributed by atoms with Gasteiger partial charge in [-0.3, -0.25) is 0 Å². The fourth-order valence-corrected chi connectivity index (χ4v) is 2.53. The molecule has 0 spiro atoms. The maximum Gasteiger partial charge on any atom is 0.0991 e. The minimum absolute atomic E-state index is 0. The maximum absolute atomic E-state index is 8.80. The van der Waals surface area contributed by atoms with Crippen molar-refractivity contribution in [1.29, 1.82) is 5.26 Å². The van der Waals surface area contributed by atoms with Crippen LogP contribution in [-0.4, -0.2) is 9.55 Å². The van der Waals surface area contributed by atoms with Crippen LogP contribution < -0.4 is 0 Å². The number of hydrogen-bond acceptors (Lipinski definition) is 2. The third-order valence-corrected chi connectivity index (χ3v) is 3.42. The molecule has 1 aromatic heterocycles. The minimum Gasteiger partial charge on any atom is -0.327 e. The number of benzene rings is 1. The molecule has 4 heteroatoms. The molecule has 19 heavy (non-hydrogen) atoms. The van der Waals surface area contributed by atoms with E-state index < -0.39 is 0 Å². The number of hydrogen-bond donors (Lipinski definition) is 0. The van der Waals surface area contributed by atoms with Gasteiger partial charge in [0, 0.05) is 11.9 Å². The van der Waals surface area contributed by atoms with Crippen molar-refractivity contribution in [1.82, 2.24) is 9.55 Å². The van der Waals surface area contributed by atoms with Crippen molar-refractivity contribution in [2.24, 2.45) is 0 Å². The molecule has 0 fully saturated rings. The molecule has 100 valence electrons. The zero-order valence-corrected chi connectivity index (χ0v) is 10.7. The molecule has 0 N–H and O–H groups in total. The van der Waals surface area contributed by atoms with Crippen LogP contribution >= 0.6 is 12.4 Å². The zero-order valence-electron chi connectivity index (χ0n) is 9.91. The summed E-state index contributed by atoms with van der Waals surface area (Å²) in [6.45, 7) is 0. The Labute approximate surface area is 120 Å². The fourth-order valence-electron chi connectivity index (χ4n) is 2.53. The maximum atomic E-state index is 8.80. The Morgan fingerprint density at radius 3 is 2.68 bits per heavy atom. The molecule has 0 radical (unpaired) electrons. The Morgan fingerprint density at radius 1 is 1.26 bits per heavy atom. The second-order valence-corrected chi connectivity index (χ2v) is 4.43. The van der Waals surface area contributed by atoms with E-state index in [2.05, 4.69) is 27.8 Å². The number of nitrogens with zero attached hydrogens (tertiary/aromatic N) is 3. The summed E-state index contributed by atoms with van der Waals surface area (Å²) in [7, 11) is 0. The van der Waals surface area contributed by atoms with Crippen molar-refractivity contribution in [2.75, 3.05) is 0 Å². The molecule has 0 bridgehead atoms. The SMILES string of the molecule is C.Cl.N#Cc1ccc(C2CCCc3cncn32)cc1. The smallest absolute Gasteiger partial charge is 0.0991 e. The van der Waals surface area contributed by atoms with E-state index in [0.29, 0.717) is 6.04 Å². The lowest BCUT2D eigenvalue weighted by Crippen LogP contribution is -2.17. The number of fused-ring (bicyclic) bond motifs is 1. The van der Waals surface area contributed by atoms with Crippen LogP contribution in [0.4, 0.5) is 0 Å². The van der Waals surface area contributed by atoms with Crippen LogP contribution in [0.15, 0.2) is 36.8 Å². The van der Waals surface area contributed by atoms with Crippen molar-refractivity contribution >= 4 is 12.4 Å². The average Bonchev–Trinajstić information content (AvgIpc) is 2.87. The van der Waals surface area contributed by atoms with Gasteiger partial charge in [0.15, 0.2) is 0 Å². The molecule has 2 heterocycles. The standard InChI is InChI=1S/C14H13N3.CH4.ClH/c15-8-11-4-6-12(7-5-11)14-3-1-2-13-9-16-10-17(13)14;;/h4-7,9-10,14H,1-3H2;1H4;1H. The Bertz CT molecular complexity index is 566. The molecule has 0 aliphatic carbocycles. The molecule has 1 aliphatic heterocycles. The van der Waals surface area contributed by atoms with Crippen LogP contribution in [0.2, 0.25) is 0 Å². The van der Waals surface area contributed by atoms with E-state index in [4.69, 9.17) is 5.26 Å². The first-order valence-corrected chi connectivity index (χ1v) is 5.89. The van der Waals surface area contributed by atoms with Crippen LogP contribution in [0.25, 0.3) is 0 Å². The van der Waals surface area contributed by atoms with E-state index in [0.717, 1.165) is 18.4 Å². The third kappa shape index (κ3) is 2.80. The summed E-state index contributed by atoms with van der Waals surface area (Å²) in [6, 6.07) is 10.4. The van der Waals surface area contributed by atoms with Gasteiger partial charge in [-0.15, -0.1) is 12.4 Å². The first-order valence-electron chi connectivity index (χ1n) is 5.89. The van der Waals surface area contributed by atoms with Crippen molar-refractivity contribution in [2.45, 2.75) is 32.7 Å². The second-order valence-electron chi connectivity index (χ2n) is 4.43. The molecule has 1 unspecified atom stereocenters. The molecular weight excluding hydrogens is 258 g/mol. The van der Waals surface area contributed by atoms with Gasteiger partial charge >= 0.3 is 0 Å². The van der Waals surface area contributed by atoms with Crippen LogP contribution in [-0.2, 0) is 6.42 Å². The summed E-state index contributed by atoms with van der Waals surface area (Å²) in [4.78, 5) is 4.22. The van der Waals surface area contributed by atoms with Gasteiger partial charge in [0.2, 0.25) is 0 Å². The van der Waals surface area contributed by atoms with Gasteiger partial charge in [-0.05, 0) is 37.0 Å². The lowest BCUT2D eigenvalue weighted by atomic mass is 9.96. The minimum atomic E-state index is 0. The highest BCUT2D eigenvalue weighted by Crippen LogP contribution is 2.30. The molecule has 0 saturated heterocycles. The summed E-state index contributed by atoms with van der Waals surface area (Å²) < 4.78 is 2.25. The summed E-state index contributed by atoms with van der Waals surface area (Å²) in [5, 5.41) is 8.80. The Morgan fingerprint density at radius 2 is 2.00 bits per heavy atom. The van der Waals surface area contributed by atoms with E-state index in [1.165, 1.54) is 17.7 Å². The Kier molecular flexibility index (Phi) is 5.14. The molecule has 1 aromatic carbocycles. The van der Waals surface area contributed by atoms with Gasteiger partial charge in [0.1, 0.15) is 0 Å². The lowest BCUT2D eigenvalue weighted by Gasteiger charge is -2.25. The van der Waals surface area contributed by atoms with E-state index in [-0.39, 0.29) is 19.8 Å². The Balaban J connectivity index is 0.000000902. The van der Waals surface area contributed by atoms with Crippen molar-refractivity contribution in [3.05, 3.63) is 53.6 Å². The molecule has 0 amide bonds. The molecule has 1 atom stereocenters. The third-order valence-electron chi connectivity index (χ3n) is 3.42. The second kappa shape index (κ2) is 6.40. The number of aryl methyl sites for hydroxylation is 1. The predicted octanol–water partition coefficient (Wildman–Crippen LogP) is 3.74. The van der Waals surface area contributed by atoms with Gasteiger partial charge in [-0.25, -0.2) is 4.98 Å². The van der Waals surface area contributed by atoms with E-state index in [9.17, 15) is 0 Å². The van der Waals surface area contributed by atoms with E-state index in [1.54, 1.807) is 0 Å². The molecule has 3 nitrogen and oxygen atoms in total. The summed E-state index contributed by atoms with van der Waals surface area (Å²) >= 11 is 0. The monoisotopic (exact) mass is 275 g/mol. The van der Waals surface area contributed by atoms with Crippen molar-refractivity contribution in [3.63, 3.8) is 0 Å². The van der Waals surface area contributed by atoms with Crippen molar-refractivity contribution < 1.29 is 0 Å². The summed E-state index contributed by atoms with van der Waals surface area (Å²) in [5.41, 5.74) is 3.30. The highest BCUT2D eigenvalue weighted by Gasteiger charge is 2.20. The van der Waals surface area contributed by atoms with Crippen LogP contribution in [0.1, 0.15) is 43.1 Å². The molecule has 1 aliphatic rings. The average molecular weight is 276 g/mol. The highest BCUT2D eigenvalue weighted by atomic mass is 35.5. The molecule has 2 aromatic rings. The lowest BCUT2D eigenvalue weighted by molar-refractivity contribution is 0.458. The van der Waals surface area contributed by atoms with E-state index in [1.807, 2.05) is 24.7 Å². The number of imidazole rings is 1. The van der Waals surface area contributed by atoms with Crippen molar-refractivity contribution in [3.8, 4) is 6.07 Å². The number of rotatable bonds is 1. The number of aromatic nitrogens is 2. The quantitative estimate of drug-likeness (QED) is 0.796. The zero-order chi connectivity index (χ0) is 11.7. The number of halogens is 1. The molecular formula is C15H18ClN3. The fraction of sp³-hybridized carbons (Fsp3) is 0.333. The Hall–Kier alpha value is -1.79. The normalized spacial score (nSPS) is 16.5. The largest absolute Gasteiger partial charge is 0.327 e. The topological polar surface area (TPSA) is 41.6 Å². The van der Waals surface area contributed by atoms with Crippen LogP contribution in [0.5, 0.6) is 0 Å². The molecule has 3 rings (SSSR count). The van der Waals surface area contributed by atoms with Gasteiger partial charge in [-0.1, -0.05) is 19.6 Å². The number of nitriles is 1. The summed E-state index contributed by atoms with van der Waals surface area (Å²) in [6.07, 6.45) is 7.34. The molecule has 0 saturated carbocycles. The van der Waals surface area contributed by atoms with Gasteiger partial charge in [0.25, 0.3) is 0 Å². The predicted molar refractivity (Wildman–Crippen MR) is 78.4 cm³/mol. The van der Waals surface area contributed by atoms with Crippen LogP contribution in [0.3, 0.4) is 0 Å². The van der Waals surface area contributed by atoms with Gasteiger partial charge in [0.05, 0.1) is 24.0 Å². The first-order chi connectivity index (χ1) is 8.38. The van der Waals surface area contributed by atoms with Crippen LogP contribution in [0, 0.1) is 11.3 Å². The first kappa shape index (κ1) is 15.3. The van der Waals surface area contributed by atoms with Gasteiger partial charge < -0.3 is 4.57 Å². The van der Waals surface area contributed by atoms with Gasteiger partial charge in [-0.2, -0.15) is 5.26 Å².